The van der Waals surface area contributed by atoms with E-state index in [1.807, 2.05) is 51.5 Å². The van der Waals surface area contributed by atoms with Gasteiger partial charge in [-0.2, -0.15) is 4.98 Å². The van der Waals surface area contributed by atoms with Crippen molar-refractivity contribution in [1.82, 2.24) is 19.9 Å². The van der Waals surface area contributed by atoms with Gasteiger partial charge in [-0.05, 0) is 38.4 Å². The molecule has 0 atom stereocenters. The number of likely N-dealkylation sites (N-methyl/N-ethyl adjacent to an activating group) is 2. The fourth-order valence-corrected chi connectivity index (χ4v) is 3.28. The number of carbonyl (C=O) groups is 1. The van der Waals surface area contributed by atoms with Crippen LogP contribution in [-0.2, 0) is 4.79 Å². The summed E-state index contributed by atoms with van der Waals surface area (Å²) in [6, 6.07) is 11.1. The van der Waals surface area contributed by atoms with Crippen LogP contribution in [0.3, 0.4) is 0 Å². The van der Waals surface area contributed by atoms with E-state index in [1.165, 1.54) is 12.4 Å². The van der Waals surface area contributed by atoms with Gasteiger partial charge in [-0.1, -0.05) is 18.7 Å². The first kappa shape index (κ1) is 25.4. The fourth-order valence-electron chi connectivity index (χ4n) is 3.28. The minimum atomic E-state index is -0.316. The van der Waals surface area contributed by atoms with Gasteiger partial charge in [0.05, 0.1) is 31.3 Å². The fraction of sp³-hybridized carbons (Fsp3) is 0.280. The van der Waals surface area contributed by atoms with Crippen LogP contribution in [0.25, 0.3) is 11.4 Å². The van der Waals surface area contributed by atoms with E-state index >= 15 is 0 Å². The van der Waals surface area contributed by atoms with Gasteiger partial charge in [0.25, 0.3) is 0 Å². The van der Waals surface area contributed by atoms with Crippen molar-refractivity contribution in [2.45, 2.75) is 0 Å². The van der Waals surface area contributed by atoms with Crippen molar-refractivity contribution < 1.29 is 14.3 Å². The molecule has 1 aromatic heterocycles. The number of amides is 1. The molecule has 3 rings (SSSR count). The van der Waals surface area contributed by atoms with Crippen LogP contribution in [0.5, 0.6) is 11.5 Å². The smallest absolute Gasteiger partial charge is 0.247 e. The van der Waals surface area contributed by atoms with Crippen LogP contribution in [0.2, 0.25) is 0 Å². The van der Waals surface area contributed by atoms with Crippen LogP contribution < -0.4 is 25.0 Å². The monoisotopic (exact) mass is 477 g/mol. The highest BCUT2D eigenvalue weighted by molar-refractivity contribution is 6.02. The number of nitrogens with zero attached hydrogens (tertiary/aromatic N) is 5. The van der Waals surface area contributed by atoms with Gasteiger partial charge in [0.2, 0.25) is 11.9 Å². The number of carbonyl (C=O) groups excluding carboxylic acids is 1. The van der Waals surface area contributed by atoms with E-state index in [9.17, 15) is 4.79 Å². The molecule has 0 spiro atoms. The van der Waals surface area contributed by atoms with Crippen molar-refractivity contribution in [2.75, 3.05) is 64.0 Å². The molecule has 0 bridgehead atoms. The Labute approximate surface area is 205 Å². The molecule has 0 saturated carbocycles. The summed E-state index contributed by atoms with van der Waals surface area (Å²) in [5.41, 5.74) is 2.77. The zero-order valence-electron chi connectivity index (χ0n) is 20.7. The van der Waals surface area contributed by atoms with Crippen LogP contribution >= 0.6 is 0 Å². The maximum absolute atomic E-state index is 12.1. The Balaban J connectivity index is 1.97. The number of ether oxygens (including phenoxy) is 2. The van der Waals surface area contributed by atoms with Crippen LogP contribution in [0, 0.1) is 0 Å². The number of hydrogen-bond acceptors (Lipinski definition) is 9. The first-order valence-corrected chi connectivity index (χ1v) is 11.0. The Morgan fingerprint density at radius 1 is 1.06 bits per heavy atom. The van der Waals surface area contributed by atoms with Crippen molar-refractivity contribution in [3.8, 4) is 22.9 Å². The number of methoxy groups -OCH3 is 2. The van der Waals surface area contributed by atoms with Crippen molar-refractivity contribution in [2.24, 2.45) is 0 Å². The third-order valence-electron chi connectivity index (χ3n) is 5.20. The van der Waals surface area contributed by atoms with Crippen LogP contribution in [0.15, 0.2) is 55.4 Å². The average molecular weight is 478 g/mol. The second-order valence-electron chi connectivity index (χ2n) is 7.98. The summed E-state index contributed by atoms with van der Waals surface area (Å²) in [4.78, 5) is 29.4. The molecule has 0 unspecified atom stereocenters. The Hall–Kier alpha value is -4.18. The van der Waals surface area contributed by atoms with Crippen LogP contribution in [-0.4, -0.2) is 74.2 Å². The third-order valence-corrected chi connectivity index (χ3v) is 5.20. The molecule has 0 fully saturated rings. The van der Waals surface area contributed by atoms with E-state index in [-0.39, 0.29) is 5.91 Å². The summed E-state index contributed by atoms with van der Waals surface area (Å²) in [5, 5.41) is 6.07. The first-order valence-electron chi connectivity index (χ1n) is 11.0. The summed E-state index contributed by atoms with van der Waals surface area (Å²) in [5.74, 6) is 1.77. The van der Waals surface area contributed by atoms with Gasteiger partial charge in [0.1, 0.15) is 17.8 Å². The lowest BCUT2D eigenvalue weighted by atomic mass is 10.2. The number of anilines is 4. The van der Waals surface area contributed by atoms with Gasteiger partial charge in [0.15, 0.2) is 5.82 Å². The Bertz CT molecular complexity index is 1180. The summed E-state index contributed by atoms with van der Waals surface area (Å²) in [6.07, 6.45) is 2.66. The van der Waals surface area contributed by atoms with E-state index < -0.39 is 0 Å². The van der Waals surface area contributed by atoms with Crippen molar-refractivity contribution in [3.63, 3.8) is 0 Å². The SMILES string of the molecule is C=CC(=O)Nc1cc(Nc2ncnc(-c3cccc(OC)c3)n2)c(OC)cc1N(C)CCN(C)C. The molecule has 35 heavy (non-hydrogen) atoms. The highest BCUT2D eigenvalue weighted by Gasteiger charge is 2.17. The van der Waals surface area contributed by atoms with Gasteiger partial charge < -0.3 is 29.9 Å². The number of rotatable bonds is 11. The maximum atomic E-state index is 12.1. The molecule has 0 saturated heterocycles. The molecule has 1 amide bonds. The van der Waals surface area contributed by atoms with Gasteiger partial charge in [-0.25, -0.2) is 9.97 Å². The predicted molar refractivity (Wildman–Crippen MR) is 139 cm³/mol. The zero-order chi connectivity index (χ0) is 25.4. The van der Waals surface area contributed by atoms with Crippen LogP contribution in [0.1, 0.15) is 0 Å². The minimum absolute atomic E-state index is 0.316. The molecule has 10 nitrogen and oxygen atoms in total. The molecule has 0 aliphatic rings. The average Bonchev–Trinajstić information content (AvgIpc) is 2.87. The summed E-state index contributed by atoms with van der Waals surface area (Å²) >= 11 is 0. The lowest BCUT2D eigenvalue weighted by molar-refractivity contribution is -0.111. The molecule has 2 aromatic carbocycles. The van der Waals surface area contributed by atoms with E-state index in [0.717, 1.165) is 24.3 Å². The van der Waals surface area contributed by atoms with Crippen molar-refractivity contribution >= 4 is 28.9 Å². The maximum Gasteiger partial charge on any atom is 0.247 e. The standard InChI is InChI=1S/C25H31N7O3/c1-7-23(33)28-19-14-20(22(35-6)15-21(19)32(4)12-11-31(2)3)29-25-27-16-26-24(30-25)17-9-8-10-18(13-17)34-5/h7-10,13-16H,1,11-12H2,2-6H3,(H,28,33)(H,26,27,29,30). The van der Waals surface area contributed by atoms with Crippen LogP contribution in [0.4, 0.5) is 23.0 Å². The van der Waals surface area contributed by atoms with E-state index in [1.54, 1.807) is 20.3 Å². The molecule has 3 aromatic rings. The highest BCUT2D eigenvalue weighted by Crippen LogP contribution is 2.38. The number of nitrogens with one attached hydrogen (secondary N) is 2. The zero-order valence-corrected chi connectivity index (χ0v) is 20.7. The molecule has 0 aliphatic carbocycles. The van der Waals surface area contributed by atoms with Gasteiger partial charge in [-0.15, -0.1) is 0 Å². The van der Waals surface area contributed by atoms with E-state index in [0.29, 0.717) is 34.6 Å². The van der Waals surface area contributed by atoms with Gasteiger partial charge in [0, 0.05) is 31.8 Å². The lowest BCUT2D eigenvalue weighted by Gasteiger charge is -2.26. The molecule has 0 aliphatic heterocycles. The molecular formula is C25H31N7O3. The molecule has 2 N–H and O–H groups in total. The minimum Gasteiger partial charge on any atom is -0.497 e. The number of aromatic nitrogens is 3. The number of benzene rings is 2. The number of hydrogen-bond donors (Lipinski definition) is 2. The topological polar surface area (TPSA) is 105 Å². The van der Waals surface area contributed by atoms with E-state index in [2.05, 4.69) is 42.0 Å². The molecule has 0 radical (unpaired) electrons. The Morgan fingerprint density at radius 2 is 1.86 bits per heavy atom. The largest absolute Gasteiger partial charge is 0.497 e. The lowest BCUT2D eigenvalue weighted by Crippen LogP contribution is -2.29. The Kier molecular flexibility index (Phi) is 8.58. The summed E-state index contributed by atoms with van der Waals surface area (Å²) < 4.78 is 10.9. The van der Waals surface area contributed by atoms with Crippen molar-refractivity contribution in [1.29, 1.82) is 0 Å². The molecule has 10 heteroatoms. The van der Waals surface area contributed by atoms with E-state index in [4.69, 9.17) is 9.47 Å². The second kappa shape index (κ2) is 11.8. The molecule has 1 heterocycles. The quantitative estimate of drug-likeness (QED) is 0.402. The van der Waals surface area contributed by atoms with Gasteiger partial charge in [-0.3, -0.25) is 4.79 Å². The predicted octanol–water partition coefficient (Wildman–Crippen LogP) is 3.42. The summed E-state index contributed by atoms with van der Waals surface area (Å²) in [7, 11) is 9.17. The third kappa shape index (κ3) is 6.67. The van der Waals surface area contributed by atoms with Crippen molar-refractivity contribution in [3.05, 3.63) is 55.4 Å². The first-order chi connectivity index (χ1) is 16.8. The summed E-state index contributed by atoms with van der Waals surface area (Å²) in [6.45, 7) is 5.14. The highest BCUT2D eigenvalue weighted by atomic mass is 16.5. The Morgan fingerprint density at radius 3 is 2.54 bits per heavy atom. The normalized spacial score (nSPS) is 10.6. The molecular weight excluding hydrogens is 446 g/mol. The second-order valence-corrected chi connectivity index (χ2v) is 7.98. The molecule has 184 valence electrons. The van der Waals surface area contributed by atoms with Gasteiger partial charge >= 0.3 is 0 Å².